The first-order chi connectivity index (χ1) is 7.87. The molecule has 4 N–H and O–H groups in total. The highest BCUT2D eigenvalue weighted by Gasteiger charge is 2.39. The Morgan fingerprint density at radius 3 is 1.94 bits per heavy atom. The molecular weight excluding hydrogens is 228 g/mol. The lowest BCUT2D eigenvalue weighted by atomic mass is 10.0. The minimum atomic E-state index is -0.683. The highest BCUT2D eigenvalue weighted by atomic mass is 16.2. The molecule has 6 amide bonds. The fourth-order valence-corrected chi connectivity index (χ4v) is 1.20. The van der Waals surface area contributed by atoms with Gasteiger partial charge in [0, 0.05) is 0 Å². The summed E-state index contributed by atoms with van der Waals surface area (Å²) in [7, 11) is 0. The van der Waals surface area contributed by atoms with Crippen molar-refractivity contribution < 1.29 is 19.2 Å². The summed E-state index contributed by atoms with van der Waals surface area (Å²) in [6.07, 6.45) is 0.616. The largest absolute Gasteiger partial charge is 0.329 e. The molecule has 2 fully saturated rings. The molecule has 2 aliphatic rings. The lowest BCUT2D eigenvalue weighted by Crippen LogP contribution is -2.42. The van der Waals surface area contributed by atoms with Gasteiger partial charge in [0.25, 0.3) is 5.91 Å². The van der Waals surface area contributed by atoms with Crippen LogP contribution in [0.2, 0.25) is 0 Å². The van der Waals surface area contributed by atoms with E-state index in [1.807, 2.05) is 12.2 Å². The van der Waals surface area contributed by atoms with Crippen molar-refractivity contribution in [2.24, 2.45) is 0 Å². The molecule has 1 atom stereocenters. The minimum absolute atomic E-state index is 0.124. The normalized spacial score (nSPS) is 26.5. The Balaban J connectivity index is 0.000000181. The van der Waals surface area contributed by atoms with Crippen molar-refractivity contribution >= 4 is 23.9 Å². The Kier molecular flexibility index (Phi) is 3.66. The van der Waals surface area contributed by atoms with E-state index in [0.29, 0.717) is 6.42 Å². The van der Waals surface area contributed by atoms with Gasteiger partial charge < -0.3 is 10.6 Å². The molecule has 0 spiro atoms. The topological polar surface area (TPSA) is 116 Å². The third-order valence-electron chi connectivity index (χ3n) is 2.49. The van der Waals surface area contributed by atoms with Crippen LogP contribution in [0.1, 0.15) is 20.3 Å². The number of hydrogen-bond acceptors (Lipinski definition) is 4. The molecule has 0 radical (unpaired) electrons. The fraction of sp³-hybridized carbons (Fsp3) is 0.556. The molecule has 0 saturated carbocycles. The van der Waals surface area contributed by atoms with Gasteiger partial charge in [0.2, 0.25) is 5.91 Å². The van der Waals surface area contributed by atoms with Gasteiger partial charge in [-0.2, -0.15) is 0 Å². The van der Waals surface area contributed by atoms with E-state index < -0.39 is 17.6 Å². The van der Waals surface area contributed by atoms with Gasteiger partial charge in [-0.3, -0.25) is 20.2 Å². The lowest BCUT2D eigenvalue weighted by Gasteiger charge is -2.16. The van der Waals surface area contributed by atoms with Crippen LogP contribution in [0.15, 0.2) is 0 Å². The molecule has 0 bridgehead atoms. The van der Waals surface area contributed by atoms with E-state index in [-0.39, 0.29) is 18.4 Å². The van der Waals surface area contributed by atoms with Gasteiger partial charge in [0.05, 0.1) is 6.54 Å². The number of carbonyl (C=O) groups excluding carboxylic acids is 4. The summed E-state index contributed by atoms with van der Waals surface area (Å²) in [6, 6.07) is -0.792. The van der Waals surface area contributed by atoms with Gasteiger partial charge in [0.1, 0.15) is 5.54 Å². The van der Waals surface area contributed by atoms with E-state index in [1.54, 1.807) is 6.92 Å². The second-order valence-electron chi connectivity index (χ2n) is 3.82. The predicted molar refractivity (Wildman–Crippen MR) is 56.9 cm³/mol. The first kappa shape index (κ1) is 12.9. The summed E-state index contributed by atoms with van der Waals surface area (Å²) in [5, 5.41) is 9.00. The van der Waals surface area contributed by atoms with Crippen molar-refractivity contribution in [2.45, 2.75) is 25.8 Å². The second-order valence-corrected chi connectivity index (χ2v) is 3.82. The zero-order valence-electron chi connectivity index (χ0n) is 9.55. The maximum atomic E-state index is 10.9. The van der Waals surface area contributed by atoms with Crippen LogP contribution >= 0.6 is 0 Å². The smallest absolute Gasteiger partial charge is 0.322 e. The second kappa shape index (κ2) is 4.81. The first-order valence-corrected chi connectivity index (χ1v) is 5.08. The summed E-state index contributed by atoms with van der Waals surface area (Å²) >= 11 is 0. The Hall–Kier alpha value is -2.12. The number of hydrogen-bond donors (Lipinski definition) is 4. The first-order valence-electron chi connectivity index (χ1n) is 5.08. The summed E-state index contributed by atoms with van der Waals surface area (Å²) in [4.78, 5) is 41.6. The number of carbonyl (C=O) groups is 4. The number of nitrogens with one attached hydrogen (secondary N) is 4. The monoisotopic (exact) mass is 242 g/mol. The lowest BCUT2D eigenvalue weighted by molar-refractivity contribution is -0.123. The molecule has 0 aromatic heterocycles. The van der Waals surface area contributed by atoms with Crippen LogP contribution in [0.4, 0.5) is 9.59 Å². The highest BCUT2D eigenvalue weighted by molar-refractivity contribution is 6.06. The van der Waals surface area contributed by atoms with E-state index in [9.17, 15) is 19.2 Å². The summed E-state index contributed by atoms with van der Waals surface area (Å²) in [5.41, 5.74) is -0.683. The van der Waals surface area contributed by atoms with Crippen LogP contribution in [0.5, 0.6) is 0 Å². The fourth-order valence-electron chi connectivity index (χ4n) is 1.20. The molecule has 2 rings (SSSR count). The Morgan fingerprint density at radius 1 is 1.12 bits per heavy atom. The van der Waals surface area contributed by atoms with Crippen LogP contribution in [0, 0.1) is 0 Å². The average molecular weight is 242 g/mol. The summed E-state index contributed by atoms with van der Waals surface area (Å²) < 4.78 is 0. The molecule has 8 heteroatoms. The van der Waals surface area contributed by atoms with Crippen LogP contribution in [-0.2, 0) is 9.59 Å². The minimum Gasteiger partial charge on any atom is -0.329 e. The van der Waals surface area contributed by atoms with Crippen LogP contribution in [-0.4, -0.2) is 36.0 Å². The number of urea groups is 2. The van der Waals surface area contributed by atoms with Crippen LogP contribution in [0.3, 0.4) is 0 Å². The van der Waals surface area contributed by atoms with E-state index >= 15 is 0 Å². The number of imide groups is 2. The third kappa shape index (κ3) is 3.16. The standard InChI is InChI=1S/C6H10N2O2.C3H4N2O2/c1-3-6(2)4(9)7-5(10)8-6;6-2-1-4-3(7)5-2/h3H2,1-2H3,(H2,7,8,9,10);1H2,(H2,4,5,6,7). The molecule has 0 aromatic rings. The summed E-state index contributed by atoms with van der Waals surface area (Å²) in [6.45, 7) is 3.68. The van der Waals surface area contributed by atoms with Gasteiger partial charge in [-0.25, -0.2) is 9.59 Å². The molecule has 17 heavy (non-hydrogen) atoms. The van der Waals surface area contributed by atoms with Crippen molar-refractivity contribution in [2.75, 3.05) is 6.54 Å². The predicted octanol–water partition coefficient (Wildman–Crippen LogP) is -1.18. The molecule has 2 heterocycles. The van der Waals surface area contributed by atoms with Gasteiger partial charge >= 0.3 is 12.1 Å². The number of rotatable bonds is 1. The van der Waals surface area contributed by atoms with E-state index in [0.717, 1.165) is 0 Å². The molecule has 2 saturated heterocycles. The highest BCUT2D eigenvalue weighted by Crippen LogP contribution is 2.12. The van der Waals surface area contributed by atoms with Crippen molar-refractivity contribution in [3.63, 3.8) is 0 Å². The van der Waals surface area contributed by atoms with Gasteiger partial charge in [-0.15, -0.1) is 0 Å². The van der Waals surface area contributed by atoms with Gasteiger partial charge in [-0.05, 0) is 13.3 Å². The van der Waals surface area contributed by atoms with Gasteiger partial charge in [0.15, 0.2) is 0 Å². The van der Waals surface area contributed by atoms with E-state index in [1.165, 1.54) is 0 Å². The molecule has 94 valence electrons. The van der Waals surface area contributed by atoms with Crippen molar-refractivity contribution in [1.82, 2.24) is 21.3 Å². The van der Waals surface area contributed by atoms with Crippen molar-refractivity contribution in [1.29, 1.82) is 0 Å². The summed E-state index contributed by atoms with van der Waals surface area (Å²) in [5.74, 6) is -0.495. The van der Waals surface area contributed by atoms with Gasteiger partial charge in [-0.1, -0.05) is 6.92 Å². The molecule has 2 aliphatic heterocycles. The Bertz CT molecular complexity index is 367. The maximum Gasteiger partial charge on any atom is 0.322 e. The van der Waals surface area contributed by atoms with E-state index in [4.69, 9.17) is 0 Å². The SMILES string of the molecule is CCC1(C)NC(=O)NC1=O.O=C1CNC(=O)N1. The van der Waals surface area contributed by atoms with Crippen LogP contribution in [0.25, 0.3) is 0 Å². The van der Waals surface area contributed by atoms with Crippen molar-refractivity contribution in [3.8, 4) is 0 Å². The van der Waals surface area contributed by atoms with Crippen molar-refractivity contribution in [3.05, 3.63) is 0 Å². The zero-order valence-corrected chi connectivity index (χ0v) is 9.55. The quantitative estimate of drug-likeness (QED) is 0.433. The number of amides is 6. The average Bonchev–Trinajstić information content (AvgIpc) is 2.73. The van der Waals surface area contributed by atoms with E-state index in [2.05, 4.69) is 16.0 Å². The molecule has 1 unspecified atom stereocenters. The molecule has 0 aromatic carbocycles. The maximum absolute atomic E-state index is 10.9. The Labute approximate surface area is 97.5 Å². The molecule has 8 nitrogen and oxygen atoms in total. The molecule has 0 aliphatic carbocycles. The van der Waals surface area contributed by atoms with Crippen LogP contribution < -0.4 is 21.3 Å². The Morgan fingerprint density at radius 2 is 1.76 bits per heavy atom. The molecular formula is C9H14N4O4. The zero-order chi connectivity index (χ0) is 13.1. The third-order valence-corrected chi connectivity index (χ3v) is 2.49.